The Bertz CT molecular complexity index is 941. The predicted octanol–water partition coefficient (Wildman–Crippen LogP) is 4.82. The van der Waals surface area contributed by atoms with E-state index in [-0.39, 0.29) is 5.75 Å². The molecule has 4 rings (SSSR count). The fourth-order valence-electron chi connectivity index (χ4n) is 2.60. The van der Waals surface area contributed by atoms with Crippen LogP contribution in [-0.2, 0) is 6.54 Å². The molecule has 1 fully saturated rings. The van der Waals surface area contributed by atoms with Gasteiger partial charge in [0.15, 0.2) is 0 Å². The summed E-state index contributed by atoms with van der Waals surface area (Å²) < 4.78 is 46.8. The van der Waals surface area contributed by atoms with Crippen molar-refractivity contribution in [1.82, 2.24) is 9.97 Å². The lowest BCUT2D eigenvalue weighted by Crippen LogP contribution is -2.17. The number of furan rings is 1. The second kappa shape index (κ2) is 7.41. The summed E-state index contributed by atoms with van der Waals surface area (Å²) in [5.41, 5.74) is 0.969. The van der Waals surface area contributed by atoms with Gasteiger partial charge in [0.05, 0.1) is 18.5 Å². The molecule has 0 radical (unpaired) electrons. The number of nitrogens with zero attached hydrogens (tertiary/aromatic N) is 2. The third kappa shape index (κ3) is 4.93. The molecule has 1 aliphatic carbocycles. The van der Waals surface area contributed by atoms with E-state index in [1.807, 2.05) is 6.07 Å². The number of anilines is 2. The van der Waals surface area contributed by atoms with Crippen molar-refractivity contribution < 1.29 is 22.3 Å². The maximum Gasteiger partial charge on any atom is 0.573 e. The maximum atomic E-state index is 12.5. The molecule has 2 aromatic heterocycles. The smallest absolute Gasteiger partial charge is 0.467 e. The molecule has 28 heavy (non-hydrogen) atoms. The molecule has 0 saturated heterocycles. The number of aromatic nitrogens is 2. The molecular weight excluding hydrogens is 373 g/mol. The summed E-state index contributed by atoms with van der Waals surface area (Å²) in [6.07, 6.45) is -1.09. The Hall–Kier alpha value is -3.23. The largest absolute Gasteiger partial charge is 0.573 e. The van der Waals surface area contributed by atoms with Crippen molar-refractivity contribution in [2.24, 2.45) is 0 Å². The number of benzene rings is 1. The third-order valence-corrected chi connectivity index (χ3v) is 4.02. The van der Waals surface area contributed by atoms with Crippen LogP contribution in [0.25, 0.3) is 11.3 Å². The van der Waals surface area contributed by atoms with Crippen molar-refractivity contribution in [2.45, 2.75) is 31.8 Å². The zero-order chi connectivity index (χ0) is 19.6. The van der Waals surface area contributed by atoms with E-state index in [1.165, 1.54) is 18.2 Å². The molecule has 2 heterocycles. The van der Waals surface area contributed by atoms with E-state index in [9.17, 15) is 13.2 Å². The first-order valence-electron chi connectivity index (χ1n) is 8.73. The summed E-state index contributed by atoms with van der Waals surface area (Å²) in [4.78, 5) is 8.88. The predicted molar refractivity (Wildman–Crippen MR) is 96.8 cm³/mol. The van der Waals surface area contributed by atoms with Crippen LogP contribution in [0.5, 0.6) is 5.75 Å². The molecule has 0 spiro atoms. The molecule has 9 heteroatoms. The number of ether oxygens (including phenoxy) is 1. The molecule has 1 aliphatic rings. The van der Waals surface area contributed by atoms with E-state index >= 15 is 0 Å². The van der Waals surface area contributed by atoms with E-state index < -0.39 is 6.36 Å². The van der Waals surface area contributed by atoms with Crippen LogP contribution in [0.4, 0.5) is 24.9 Å². The molecule has 1 saturated carbocycles. The Morgan fingerprint density at radius 1 is 1.11 bits per heavy atom. The first-order valence-corrected chi connectivity index (χ1v) is 8.73. The number of rotatable bonds is 7. The molecule has 2 N–H and O–H groups in total. The van der Waals surface area contributed by atoms with Gasteiger partial charge in [0.2, 0.25) is 5.95 Å². The molecule has 0 aliphatic heterocycles. The number of alkyl halides is 3. The van der Waals surface area contributed by atoms with Crippen LogP contribution in [0.1, 0.15) is 18.6 Å². The van der Waals surface area contributed by atoms with Gasteiger partial charge < -0.3 is 19.8 Å². The summed E-state index contributed by atoms with van der Waals surface area (Å²) >= 11 is 0. The minimum Gasteiger partial charge on any atom is -0.467 e. The van der Waals surface area contributed by atoms with Crippen LogP contribution in [0.2, 0.25) is 0 Å². The van der Waals surface area contributed by atoms with Gasteiger partial charge in [0.25, 0.3) is 0 Å². The Morgan fingerprint density at radius 3 is 2.68 bits per heavy atom. The normalized spacial score (nSPS) is 14.0. The average Bonchev–Trinajstić information content (AvgIpc) is 3.29. The van der Waals surface area contributed by atoms with E-state index in [1.54, 1.807) is 24.5 Å². The molecule has 6 nitrogen and oxygen atoms in total. The van der Waals surface area contributed by atoms with Crippen LogP contribution in [0.15, 0.2) is 53.1 Å². The lowest BCUT2D eigenvalue weighted by Gasteiger charge is -2.12. The Labute approximate surface area is 158 Å². The molecule has 146 valence electrons. The van der Waals surface area contributed by atoms with Gasteiger partial charge in [-0.15, -0.1) is 13.2 Å². The van der Waals surface area contributed by atoms with Crippen LogP contribution < -0.4 is 15.4 Å². The highest BCUT2D eigenvalue weighted by molar-refractivity contribution is 5.66. The van der Waals surface area contributed by atoms with Crippen molar-refractivity contribution in [3.05, 3.63) is 54.5 Å². The number of halogens is 3. The first kappa shape index (κ1) is 18.1. The van der Waals surface area contributed by atoms with Crippen LogP contribution >= 0.6 is 0 Å². The minimum atomic E-state index is -4.75. The standard InChI is InChI=1S/C19H17F3N4O2/c20-19(21,22)28-14-4-1-3-12(9-14)16-10-17(23-11-15-5-2-8-27-15)26-18(25-16)24-13-6-7-13/h1-5,8-10,13H,6-7,11H2,(H2,23,24,25,26). The molecular formula is C19H17F3N4O2. The Morgan fingerprint density at radius 2 is 1.96 bits per heavy atom. The van der Waals surface area contributed by atoms with Crippen molar-refractivity contribution in [2.75, 3.05) is 10.6 Å². The molecule has 3 aromatic rings. The topological polar surface area (TPSA) is 72.2 Å². The average molecular weight is 390 g/mol. The van der Waals surface area contributed by atoms with Crippen LogP contribution in [-0.4, -0.2) is 22.4 Å². The molecule has 0 unspecified atom stereocenters. The second-order valence-corrected chi connectivity index (χ2v) is 6.39. The lowest BCUT2D eigenvalue weighted by molar-refractivity contribution is -0.274. The summed E-state index contributed by atoms with van der Waals surface area (Å²) in [6.45, 7) is 0.420. The van der Waals surface area contributed by atoms with Crippen LogP contribution in [0.3, 0.4) is 0 Å². The Kier molecular flexibility index (Phi) is 4.81. The minimum absolute atomic E-state index is 0.301. The molecule has 0 bridgehead atoms. The highest BCUT2D eigenvalue weighted by Gasteiger charge is 2.31. The van der Waals surface area contributed by atoms with Crippen molar-refractivity contribution in [3.8, 4) is 17.0 Å². The van der Waals surface area contributed by atoms with E-state index in [2.05, 4.69) is 25.3 Å². The molecule has 1 aromatic carbocycles. The van der Waals surface area contributed by atoms with E-state index in [4.69, 9.17) is 4.42 Å². The van der Waals surface area contributed by atoms with Gasteiger partial charge >= 0.3 is 6.36 Å². The van der Waals surface area contributed by atoms with Gasteiger partial charge in [-0.2, -0.15) is 4.98 Å². The second-order valence-electron chi connectivity index (χ2n) is 6.39. The monoisotopic (exact) mass is 390 g/mol. The highest BCUT2D eigenvalue weighted by atomic mass is 19.4. The van der Waals surface area contributed by atoms with Crippen molar-refractivity contribution >= 4 is 11.8 Å². The number of hydrogen-bond acceptors (Lipinski definition) is 6. The number of nitrogens with one attached hydrogen (secondary N) is 2. The van der Waals surface area contributed by atoms with Gasteiger partial charge in [-0.05, 0) is 37.1 Å². The zero-order valence-corrected chi connectivity index (χ0v) is 14.7. The number of hydrogen-bond donors (Lipinski definition) is 2. The quantitative estimate of drug-likeness (QED) is 0.603. The highest BCUT2D eigenvalue weighted by Crippen LogP contribution is 2.30. The first-order chi connectivity index (χ1) is 13.4. The molecule has 0 amide bonds. The summed E-state index contributed by atoms with van der Waals surface area (Å²) in [6, 6.07) is 11.3. The SMILES string of the molecule is FC(F)(F)Oc1cccc(-c2cc(NCc3ccco3)nc(NC3CC3)n2)c1. The molecule has 0 atom stereocenters. The fourth-order valence-corrected chi connectivity index (χ4v) is 2.60. The van der Waals surface area contributed by atoms with Gasteiger partial charge in [0, 0.05) is 17.7 Å². The van der Waals surface area contributed by atoms with Gasteiger partial charge in [-0.1, -0.05) is 12.1 Å². The van der Waals surface area contributed by atoms with Gasteiger partial charge in [-0.25, -0.2) is 4.98 Å². The zero-order valence-electron chi connectivity index (χ0n) is 14.7. The third-order valence-electron chi connectivity index (χ3n) is 4.02. The fraction of sp³-hybridized carbons (Fsp3) is 0.263. The van der Waals surface area contributed by atoms with Gasteiger partial charge in [0.1, 0.15) is 17.3 Å². The van der Waals surface area contributed by atoms with E-state index in [0.29, 0.717) is 35.6 Å². The maximum absolute atomic E-state index is 12.5. The summed E-state index contributed by atoms with van der Waals surface area (Å²) in [5, 5.41) is 6.36. The van der Waals surface area contributed by atoms with Crippen LogP contribution in [0, 0.1) is 0 Å². The van der Waals surface area contributed by atoms with E-state index in [0.717, 1.165) is 18.6 Å². The lowest BCUT2D eigenvalue weighted by atomic mass is 10.1. The summed E-state index contributed by atoms with van der Waals surface area (Å²) in [5.74, 6) is 1.39. The van der Waals surface area contributed by atoms with Gasteiger partial charge in [-0.3, -0.25) is 0 Å². The van der Waals surface area contributed by atoms with Crippen molar-refractivity contribution in [1.29, 1.82) is 0 Å². The Balaban J connectivity index is 1.61. The van der Waals surface area contributed by atoms with Crippen molar-refractivity contribution in [3.63, 3.8) is 0 Å². The summed E-state index contributed by atoms with van der Waals surface area (Å²) in [7, 11) is 0.